The van der Waals surface area contributed by atoms with Gasteiger partial charge in [0.05, 0.1) is 19.6 Å². The number of hydrogen-bond donors (Lipinski definition) is 0. The molecule has 4 nitrogen and oxygen atoms in total. The number of fused-ring (bicyclic) bond motifs is 1. The van der Waals surface area contributed by atoms with Gasteiger partial charge in [-0.1, -0.05) is 12.1 Å². The topological polar surface area (TPSA) is 32.8 Å². The second-order valence-corrected chi connectivity index (χ2v) is 8.42. The minimum Gasteiger partial charge on any atom is -0.496 e. The van der Waals surface area contributed by atoms with Crippen LogP contribution in [0.2, 0.25) is 0 Å². The second kappa shape index (κ2) is 8.03. The molecule has 0 unspecified atom stereocenters. The van der Waals surface area contributed by atoms with Crippen molar-refractivity contribution in [1.82, 2.24) is 9.80 Å². The molecular formula is C22H28N2O2S. The SMILES string of the molecule is COc1cccc2c1CC[C@H](N1CCCC1)[C@H]2N(C)C(=O)Cc1ccsc1. The second-order valence-electron chi connectivity index (χ2n) is 7.64. The molecule has 144 valence electrons. The molecule has 2 aliphatic rings. The Morgan fingerprint density at radius 3 is 2.81 bits per heavy atom. The van der Waals surface area contributed by atoms with Crippen molar-refractivity contribution in [2.24, 2.45) is 0 Å². The first-order valence-corrected chi connectivity index (χ1v) is 10.8. The molecule has 0 bridgehead atoms. The van der Waals surface area contributed by atoms with Crippen LogP contribution in [0.15, 0.2) is 35.0 Å². The van der Waals surface area contributed by atoms with Crippen LogP contribution in [0.1, 0.15) is 42.0 Å². The molecule has 2 aromatic rings. The van der Waals surface area contributed by atoms with Gasteiger partial charge in [0.2, 0.25) is 5.91 Å². The normalized spacial score (nSPS) is 22.4. The van der Waals surface area contributed by atoms with Crippen molar-refractivity contribution in [2.75, 3.05) is 27.2 Å². The Hall–Kier alpha value is -1.85. The van der Waals surface area contributed by atoms with E-state index in [9.17, 15) is 4.79 Å². The summed E-state index contributed by atoms with van der Waals surface area (Å²) in [7, 11) is 3.72. The molecule has 0 radical (unpaired) electrons. The molecule has 2 heterocycles. The fourth-order valence-corrected chi connectivity index (χ4v) is 5.41. The highest BCUT2D eigenvalue weighted by Gasteiger charge is 2.39. The third kappa shape index (κ3) is 3.63. The number of benzene rings is 1. The number of likely N-dealkylation sites (tertiary alicyclic amines) is 1. The Labute approximate surface area is 165 Å². The molecular weight excluding hydrogens is 356 g/mol. The predicted molar refractivity (Wildman–Crippen MR) is 109 cm³/mol. The number of thiophene rings is 1. The van der Waals surface area contributed by atoms with Crippen molar-refractivity contribution >= 4 is 17.2 Å². The molecule has 1 aliphatic heterocycles. The van der Waals surface area contributed by atoms with E-state index in [1.807, 2.05) is 29.5 Å². The van der Waals surface area contributed by atoms with Crippen LogP contribution in [0, 0.1) is 0 Å². The fraction of sp³-hybridized carbons (Fsp3) is 0.500. The van der Waals surface area contributed by atoms with E-state index in [4.69, 9.17) is 4.74 Å². The summed E-state index contributed by atoms with van der Waals surface area (Å²) < 4.78 is 5.63. The molecule has 1 aromatic heterocycles. The smallest absolute Gasteiger partial charge is 0.227 e. The van der Waals surface area contributed by atoms with Gasteiger partial charge in [-0.25, -0.2) is 0 Å². The number of likely N-dealkylation sites (N-methyl/N-ethyl adjacent to an activating group) is 1. The molecule has 5 heteroatoms. The van der Waals surface area contributed by atoms with Crippen LogP contribution in [0.4, 0.5) is 0 Å². The minimum absolute atomic E-state index is 0.0908. The third-order valence-electron chi connectivity index (χ3n) is 6.12. The highest BCUT2D eigenvalue weighted by molar-refractivity contribution is 7.08. The van der Waals surface area contributed by atoms with Crippen LogP contribution in [0.25, 0.3) is 0 Å². The molecule has 0 N–H and O–H groups in total. The van der Waals surface area contributed by atoms with E-state index in [1.54, 1.807) is 18.4 Å². The average molecular weight is 385 g/mol. The minimum atomic E-state index is 0.0908. The van der Waals surface area contributed by atoms with Gasteiger partial charge in [-0.15, -0.1) is 0 Å². The molecule has 2 atom stereocenters. The zero-order valence-corrected chi connectivity index (χ0v) is 17.0. The standard InChI is InChI=1S/C22H28N2O2S/c1-23(21(25)14-16-10-13-27-15-16)22-18-6-5-7-20(26-2)17(18)8-9-19(22)24-11-3-4-12-24/h5-7,10,13,15,19,22H,3-4,8-9,11-12,14H2,1-2H3/t19-,22-/m0/s1. The Morgan fingerprint density at radius 2 is 2.11 bits per heavy atom. The summed E-state index contributed by atoms with van der Waals surface area (Å²) in [5.74, 6) is 1.15. The van der Waals surface area contributed by atoms with Crippen LogP contribution in [-0.2, 0) is 17.6 Å². The largest absolute Gasteiger partial charge is 0.496 e. The Balaban J connectivity index is 1.67. The molecule has 4 rings (SSSR count). The van der Waals surface area contributed by atoms with Crippen LogP contribution in [0.3, 0.4) is 0 Å². The lowest BCUT2D eigenvalue weighted by atomic mass is 9.81. The number of carbonyl (C=O) groups excluding carboxylic acids is 1. The molecule has 1 saturated heterocycles. The van der Waals surface area contributed by atoms with Gasteiger partial charge in [0.15, 0.2) is 0 Å². The Morgan fingerprint density at radius 1 is 1.30 bits per heavy atom. The monoisotopic (exact) mass is 384 g/mol. The lowest BCUT2D eigenvalue weighted by Crippen LogP contribution is -2.48. The highest BCUT2D eigenvalue weighted by atomic mass is 32.1. The number of nitrogens with zero attached hydrogens (tertiary/aromatic N) is 2. The molecule has 1 aromatic carbocycles. The molecule has 27 heavy (non-hydrogen) atoms. The number of hydrogen-bond acceptors (Lipinski definition) is 4. The maximum absolute atomic E-state index is 13.1. The molecule has 1 fully saturated rings. The first kappa shape index (κ1) is 18.5. The van der Waals surface area contributed by atoms with Crippen molar-refractivity contribution in [3.63, 3.8) is 0 Å². The van der Waals surface area contributed by atoms with E-state index in [1.165, 1.54) is 24.0 Å². The van der Waals surface area contributed by atoms with Gasteiger partial charge in [-0.2, -0.15) is 11.3 Å². The van der Waals surface area contributed by atoms with Gasteiger partial charge >= 0.3 is 0 Å². The quantitative estimate of drug-likeness (QED) is 0.784. The first-order chi connectivity index (χ1) is 13.2. The van der Waals surface area contributed by atoms with Crippen LogP contribution in [-0.4, -0.2) is 49.0 Å². The molecule has 1 amide bonds. The van der Waals surface area contributed by atoms with E-state index in [2.05, 4.69) is 22.4 Å². The number of carbonyl (C=O) groups is 1. The van der Waals surface area contributed by atoms with Crippen molar-refractivity contribution in [1.29, 1.82) is 0 Å². The Bertz CT molecular complexity index is 784. The van der Waals surface area contributed by atoms with E-state index >= 15 is 0 Å². The van der Waals surface area contributed by atoms with Gasteiger partial charge in [-0.05, 0) is 78.4 Å². The zero-order valence-electron chi connectivity index (χ0n) is 16.2. The third-order valence-corrected chi connectivity index (χ3v) is 6.85. The van der Waals surface area contributed by atoms with Crippen molar-refractivity contribution in [3.05, 3.63) is 51.7 Å². The van der Waals surface area contributed by atoms with E-state index in [-0.39, 0.29) is 11.9 Å². The number of rotatable bonds is 5. The summed E-state index contributed by atoms with van der Waals surface area (Å²) in [5, 5.41) is 4.11. The van der Waals surface area contributed by atoms with Crippen LogP contribution >= 0.6 is 11.3 Å². The summed E-state index contributed by atoms with van der Waals surface area (Å²) in [6, 6.07) is 8.83. The Kier molecular flexibility index (Phi) is 5.50. The summed E-state index contributed by atoms with van der Waals surface area (Å²) in [6.07, 6.45) is 5.10. The number of amides is 1. The number of ether oxygens (including phenoxy) is 1. The van der Waals surface area contributed by atoms with Gasteiger partial charge < -0.3 is 9.64 Å². The van der Waals surface area contributed by atoms with Gasteiger partial charge in [0.1, 0.15) is 5.75 Å². The molecule has 0 spiro atoms. The lowest BCUT2D eigenvalue weighted by Gasteiger charge is -2.43. The van der Waals surface area contributed by atoms with Gasteiger partial charge in [-0.3, -0.25) is 9.69 Å². The van der Waals surface area contributed by atoms with Gasteiger partial charge in [0.25, 0.3) is 0 Å². The fourth-order valence-electron chi connectivity index (χ4n) is 4.75. The van der Waals surface area contributed by atoms with E-state index in [0.717, 1.165) is 37.2 Å². The van der Waals surface area contributed by atoms with Crippen LogP contribution < -0.4 is 4.74 Å². The van der Waals surface area contributed by atoms with E-state index in [0.29, 0.717) is 12.5 Å². The summed E-state index contributed by atoms with van der Waals surface area (Å²) >= 11 is 1.65. The summed E-state index contributed by atoms with van der Waals surface area (Å²) in [5.41, 5.74) is 3.64. The van der Waals surface area contributed by atoms with Crippen molar-refractivity contribution < 1.29 is 9.53 Å². The van der Waals surface area contributed by atoms with Gasteiger partial charge in [0, 0.05) is 13.1 Å². The number of methoxy groups -OCH3 is 1. The molecule has 0 saturated carbocycles. The maximum Gasteiger partial charge on any atom is 0.227 e. The van der Waals surface area contributed by atoms with Crippen LogP contribution in [0.5, 0.6) is 5.75 Å². The zero-order chi connectivity index (χ0) is 18.8. The lowest BCUT2D eigenvalue weighted by molar-refractivity contribution is -0.133. The van der Waals surface area contributed by atoms with Crippen molar-refractivity contribution in [2.45, 2.75) is 44.2 Å². The molecule has 1 aliphatic carbocycles. The maximum atomic E-state index is 13.1. The van der Waals surface area contributed by atoms with E-state index < -0.39 is 0 Å². The predicted octanol–water partition coefficient (Wildman–Crippen LogP) is 3.91. The highest BCUT2D eigenvalue weighted by Crippen LogP contribution is 2.41. The summed E-state index contributed by atoms with van der Waals surface area (Å²) in [6.45, 7) is 2.29. The summed E-state index contributed by atoms with van der Waals surface area (Å²) in [4.78, 5) is 17.7. The van der Waals surface area contributed by atoms with Crippen molar-refractivity contribution in [3.8, 4) is 5.75 Å². The first-order valence-electron chi connectivity index (χ1n) is 9.85. The average Bonchev–Trinajstić information content (AvgIpc) is 3.40.